The van der Waals surface area contributed by atoms with Gasteiger partial charge in [0.05, 0.1) is 5.02 Å². The maximum absolute atomic E-state index is 12.6. The van der Waals surface area contributed by atoms with Gasteiger partial charge in [-0.25, -0.2) is 0 Å². The first kappa shape index (κ1) is 16.1. The van der Waals surface area contributed by atoms with Crippen LogP contribution in [0, 0.1) is 6.92 Å². The molecule has 0 atom stereocenters. The summed E-state index contributed by atoms with van der Waals surface area (Å²) in [4.78, 5) is 14.2. The molecule has 0 radical (unpaired) electrons. The van der Waals surface area contributed by atoms with E-state index in [-0.39, 0.29) is 22.4 Å². The van der Waals surface area contributed by atoms with Gasteiger partial charge < -0.3 is 14.4 Å². The Morgan fingerprint density at radius 1 is 1.12 bits per heavy atom. The molecule has 4 nitrogen and oxygen atoms in total. The first-order valence-electron chi connectivity index (χ1n) is 7.40. The molecule has 0 aliphatic heterocycles. The van der Waals surface area contributed by atoms with Gasteiger partial charge in [-0.2, -0.15) is 0 Å². The summed E-state index contributed by atoms with van der Waals surface area (Å²) in [5, 5.41) is 9.72. The van der Waals surface area contributed by atoms with Gasteiger partial charge in [0, 0.05) is 18.3 Å². The fraction of sp³-hybridized carbons (Fsp3) is 0.105. The Labute approximate surface area is 144 Å². The molecule has 24 heavy (non-hydrogen) atoms. The van der Waals surface area contributed by atoms with Gasteiger partial charge in [-0.3, -0.25) is 4.79 Å². The van der Waals surface area contributed by atoms with E-state index in [0.29, 0.717) is 11.3 Å². The predicted molar refractivity (Wildman–Crippen MR) is 94.7 cm³/mol. The van der Waals surface area contributed by atoms with Crippen LogP contribution >= 0.6 is 11.6 Å². The van der Waals surface area contributed by atoms with Crippen molar-refractivity contribution < 1.29 is 14.3 Å². The van der Waals surface area contributed by atoms with E-state index in [1.807, 2.05) is 31.2 Å². The summed E-state index contributed by atoms with van der Waals surface area (Å²) in [5.41, 5.74) is 2.52. The summed E-state index contributed by atoms with van der Waals surface area (Å²) >= 11 is 5.91. The number of hydrogen-bond donors (Lipinski definition) is 1. The van der Waals surface area contributed by atoms with E-state index in [4.69, 9.17) is 16.0 Å². The van der Waals surface area contributed by atoms with Crippen molar-refractivity contribution in [3.05, 3.63) is 70.9 Å². The molecule has 0 saturated heterocycles. The number of furan rings is 1. The zero-order valence-electron chi connectivity index (χ0n) is 13.3. The van der Waals surface area contributed by atoms with Crippen molar-refractivity contribution in [3.63, 3.8) is 0 Å². The van der Waals surface area contributed by atoms with Crippen LogP contribution in [0.2, 0.25) is 5.02 Å². The Bertz CT molecular complexity index is 901. The largest absolute Gasteiger partial charge is 0.506 e. The minimum atomic E-state index is -0.236. The molecule has 0 saturated carbocycles. The van der Waals surface area contributed by atoms with Gasteiger partial charge in [0.1, 0.15) is 11.5 Å². The summed E-state index contributed by atoms with van der Waals surface area (Å²) in [6, 6.07) is 15.8. The van der Waals surface area contributed by atoms with Gasteiger partial charge in [-0.05, 0) is 48.9 Å². The lowest BCUT2D eigenvalue weighted by Crippen LogP contribution is -2.26. The second-order valence-electron chi connectivity index (χ2n) is 5.48. The number of hydrogen-bond acceptors (Lipinski definition) is 3. The summed E-state index contributed by atoms with van der Waals surface area (Å²) in [5.74, 6) is 0.515. The number of phenolic OH excluding ortho intramolecular Hbond substituents is 1. The van der Waals surface area contributed by atoms with Crippen LogP contribution in [0.1, 0.15) is 16.1 Å². The van der Waals surface area contributed by atoms with Crippen LogP contribution in [0.4, 0.5) is 5.69 Å². The molecule has 3 aromatic rings. The monoisotopic (exact) mass is 341 g/mol. The first-order chi connectivity index (χ1) is 11.5. The molecule has 1 N–H and O–H groups in total. The minimum absolute atomic E-state index is 0.00237. The maximum atomic E-state index is 12.6. The minimum Gasteiger partial charge on any atom is -0.506 e. The maximum Gasteiger partial charge on any atom is 0.293 e. The van der Waals surface area contributed by atoms with Crippen LogP contribution in [-0.4, -0.2) is 18.1 Å². The number of carbonyl (C=O) groups is 1. The van der Waals surface area contributed by atoms with Crippen LogP contribution in [0.5, 0.6) is 5.75 Å². The van der Waals surface area contributed by atoms with Crippen molar-refractivity contribution >= 4 is 23.2 Å². The molecular weight excluding hydrogens is 326 g/mol. The Morgan fingerprint density at radius 2 is 1.88 bits per heavy atom. The van der Waals surface area contributed by atoms with Gasteiger partial charge in [0.2, 0.25) is 0 Å². The van der Waals surface area contributed by atoms with E-state index in [1.165, 1.54) is 6.07 Å². The van der Waals surface area contributed by atoms with Crippen molar-refractivity contribution in [1.29, 1.82) is 0 Å². The molecule has 0 aliphatic rings. The van der Waals surface area contributed by atoms with Crippen LogP contribution in [0.3, 0.4) is 0 Å². The highest BCUT2D eigenvalue weighted by Gasteiger charge is 2.19. The molecule has 0 fully saturated rings. The van der Waals surface area contributed by atoms with E-state index in [9.17, 15) is 9.90 Å². The van der Waals surface area contributed by atoms with E-state index in [1.54, 1.807) is 36.2 Å². The Hall–Kier alpha value is -2.72. The van der Waals surface area contributed by atoms with E-state index >= 15 is 0 Å². The second kappa shape index (κ2) is 6.42. The predicted octanol–water partition coefficient (Wildman–Crippen LogP) is 4.89. The van der Waals surface area contributed by atoms with E-state index in [0.717, 1.165) is 11.3 Å². The zero-order chi connectivity index (χ0) is 17.3. The normalized spacial score (nSPS) is 10.6. The van der Waals surface area contributed by atoms with Crippen molar-refractivity contribution in [3.8, 4) is 17.1 Å². The highest BCUT2D eigenvalue weighted by molar-refractivity contribution is 6.32. The Morgan fingerprint density at radius 3 is 2.58 bits per heavy atom. The average Bonchev–Trinajstić information content (AvgIpc) is 3.06. The van der Waals surface area contributed by atoms with E-state index in [2.05, 4.69) is 0 Å². The Kier molecular flexibility index (Phi) is 4.32. The number of rotatable bonds is 3. The van der Waals surface area contributed by atoms with E-state index < -0.39 is 0 Å². The topological polar surface area (TPSA) is 53.7 Å². The summed E-state index contributed by atoms with van der Waals surface area (Å²) in [6.07, 6.45) is 0. The molecule has 1 amide bonds. The SMILES string of the molecule is Cc1ccccc1N(C)C(=O)c1ccc(-c2ccc(O)c(Cl)c2)o1. The summed E-state index contributed by atoms with van der Waals surface area (Å²) < 4.78 is 5.68. The Balaban J connectivity index is 1.88. The number of carbonyl (C=O) groups excluding carboxylic acids is 1. The van der Waals surface area contributed by atoms with Gasteiger partial charge in [0.15, 0.2) is 5.76 Å². The number of phenols is 1. The third-order valence-corrected chi connectivity index (χ3v) is 4.13. The second-order valence-corrected chi connectivity index (χ2v) is 5.89. The third-order valence-electron chi connectivity index (χ3n) is 3.83. The molecule has 1 heterocycles. The quantitative estimate of drug-likeness (QED) is 0.737. The highest BCUT2D eigenvalue weighted by atomic mass is 35.5. The number of nitrogens with zero attached hydrogens (tertiary/aromatic N) is 1. The van der Waals surface area contributed by atoms with Crippen molar-refractivity contribution in [1.82, 2.24) is 0 Å². The van der Waals surface area contributed by atoms with Gasteiger partial charge >= 0.3 is 0 Å². The molecule has 0 spiro atoms. The van der Waals surface area contributed by atoms with Gasteiger partial charge in [0.25, 0.3) is 5.91 Å². The van der Waals surface area contributed by atoms with Crippen LogP contribution in [-0.2, 0) is 0 Å². The molecule has 0 unspecified atom stereocenters. The number of aryl methyl sites for hydroxylation is 1. The summed E-state index contributed by atoms with van der Waals surface area (Å²) in [6.45, 7) is 1.95. The number of benzene rings is 2. The molecule has 1 aromatic heterocycles. The summed E-state index contributed by atoms with van der Waals surface area (Å²) in [7, 11) is 1.71. The molecule has 0 aliphatic carbocycles. The molecular formula is C19H16ClNO3. The van der Waals surface area contributed by atoms with Crippen LogP contribution in [0.15, 0.2) is 59.0 Å². The van der Waals surface area contributed by atoms with Gasteiger partial charge in [-0.1, -0.05) is 29.8 Å². The number of amides is 1. The number of anilines is 1. The first-order valence-corrected chi connectivity index (χ1v) is 7.77. The average molecular weight is 342 g/mol. The third kappa shape index (κ3) is 3.01. The zero-order valence-corrected chi connectivity index (χ0v) is 14.0. The molecule has 2 aromatic carbocycles. The highest BCUT2D eigenvalue weighted by Crippen LogP contribution is 2.31. The van der Waals surface area contributed by atoms with Crippen molar-refractivity contribution in [2.45, 2.75) is 6.92 Å². The molecule has 5 heteroatoms. The molecule has 3 rings (SSSR count). The van der Waals surface area contributed by atoms with Crippen molar-refractivity contribution in [2.75, 3.05) is 11.9 Å². The lowest BCUT2D eigenvalue weighted by atomic mass is 10.1. The van der Waals surface area contributed by atoms with Crippen molar-refractivity contribution in [2.24, 2.45) is 0 Å². The van der Waals surface area contributed by atoms with Crippen LogP contribution in [0.25, 0.3) is 11.3 Å². The molecule has 0 bridgehead atoms. The lowest BCUT2D eigenvalue weighted by Gasteiger charge is -2.18. The standard InChI is InChI=1S/C19H16ClNO3/c1-12-5-3-4-6-15(12)21(2)19(23)18-10-9-17(24-18)13-7-8-16(22)14(20)11-13/h3-11,22H,1-2H3. The fourth-order valence-corrected chi connectivity index (χ4v) is 2.66. The lowest BCUT2D eigenvalue weighted by molar-refractivity contribution is 0.0967. The molecule has 122 valence electrons. The number of halogens is 1. The number of aromatic hydroxyl groups is 1. The fourth-order valence-electron chi connectivity index (χ4n) is 2.48. The number of para-hydroxylation sites is 1. The smallest absolute Gasteiger partial charge is 0.293 e. The van der Waals surface area contributed by atoms with Crippen LogP contribution < -0.4 is 4.90 Å². The van der Waals surface area contributed by atoms with Gasteiger partial charge in [-0.15, -0.1) is 0 Å².